The highest BCUT2D eigenvalue weighted by atomic mass is 16.5. The molecule has 0 radical (unpaired) electrons. The standard InChI is InChI=1S/C18H18N2O/c1-2-19-13-14-6-3-9-16(12-14)21-17-10-4-7-15-8-5-11-20-18(15)17/h3-12,19H,2,13H2,1H3. The molecule has 0 spiro atoms. The lowest BCUT2D eigenvalue weighted by atomic mass is 10.2. The van der Waals surface area contributed by atoms with Crippen molar-refractivity contribution >= 4 is 10.9 Å². The third kappa shape index (κ3) is 3.20. The number of ether oxygens (including phenoxy) is 1. The molecule has 1 N–H and O–H groups in total. The van der Waals surface area contributed by atoms with Gasteiger partial charge in [-0.15, -0.1) is 0 Å². The summed E-state index contributed by atoms with van der Waals surface area (Å²) in [4.78, 5) is 4.41. The Morgan fingerprint density at radius 3 is 2.81 bits per heavy atom. The highest BCUT2D eigenvalue weighted by Crippen LogP contribution is 2.28. The lowest BCUT2D eigenvalue weighted by Crippen LogP contribution is -2.11. The van der Waals surface area contributed by atoms with Gasteiger partial charge in [0.1, 0.15) is 11.3 Å². The van der Waals surface area contributed by atoms with Gasteiger partial charge in [0.05, 0.1) is 0 Å². The maximum absolute atomic E-state index is 6.02. The van der Waals surface area contributed by atoms with E-state index in [4.69, 9.17) is 4.74 Å². The van der Waals surface area contributed by atoms with E-state index in [0.717, 1.165) is 35.5 Å². The molecule has 3 nitrogen and oxygen atoms in total. The van der Waals surface area contributed by atoms with Crippen molar-refractivity contribution in [1.82, 2.24) is 10.3 Å². The highest BCUT2D eigenvalue weighted by Gasteiger charge is 2.04. The summed E-state index contributed by atoms with van der Waals surface area (Å²) in [5.41, 5.74) is 2.10. The van der Waals surface area contributed by atoms with Gasteiger partial charge in [0.2, 0.25) is 0 Å². The van der Waals surface area contributed by atoms with Gasteiger partial charge in [0, 0.05) is 18.1 Å². The molecule has 3 rings (SSSR count). The van der Waals surface area contributed by atoms with Gasteiger partial charge in [-0.1, -0.05) is 37.3 Å². The lowest BCUT2D eigenvalue weighted by molar-refractivity contribution is 0.486. The molecule has 0 unspecified atom stereocenters. The van der Waals surface area contributed by atoms with E-state index in [1.807, 2.05) is 42.5 Å². The third-order valence-electron chi connectivity index (χ3n) is 3.30. The van der Waals surface area contributed by atoms with Gasteiger partial charge in [-0.3, -0.25) is 4.98 Å². The van der Waals surface area contributed by atoms with Crippen molar-refractivity contribution in [2.24, 2.45) is 0 Å². The number of nitrogens with zero attached hydrogens (tertiary/aromatic N) is 1. The number of hydrogen-bond donors (Lipinski definition) is 1. The Kier molecular flexibility index (Phi) is 4.12. The molecule has 0 bridgehead atoms. The minimum atomic E-state index is 0.786. The molecule has 21 heavy (non-hydrogen) atoms. The van der Waals surface area contributed by atoms with Crippen LogP contribution in [0.5, 0.6) is 11.5 Å². The van der Waals surface area contributed by atoms with E-state index in [1.54, 1.807) is 6.20 Å². The number of benzene rings is 2. The van der Waals surface area contributed by atoms with Crippen LogP contribution in [0.2, 0.25) is 0 Å². The predicted octanol–water partition coefficient (Wildman–Crippen LogP) is 4.14. The average Bonchev–Trinajstić information content (AvgIpc) is 2.54. The van der Waals surface area contributed by atoms with E-state index in [2.05, 4.69) is 29.4 Å². The summed E-state index contributed by atoms with van der Waals surface area (Å²) in [7, 11) is 0. The Bertz CT molecular complexity index is 735. The summed E-state index contributed by atoms with van der Waals surface area (Å²) < 4.78 is 6.02. The molecule has 3 heteroatoms. The molecule has 0 aliphatic rings. The molecule has 0 saturated heterocycles. The summed E-state index contributed by atoms with van der Waals surface area (Å²) in [6, 6.07) is 18.1. The number of rotatable bonds is 5. The first-order valence-corrected chi connectivity index (χ1v) is 7.18. The zero-order valence-corrected chi connectivity index (χ0v) is 12.0. The lowest BCUT2D eigenvalue weighted by Gasteiger charge is -2.09. The fraction of sp³-hybridized carbons (Fsp3) is 0.167. The molecule has 0 saturated carbocycles. The molecule has 3 aromatic rings. The zero-order chi connectivity index (χ0) is 14.5. The molecule has 0 aliphatic carbocycles. The van der Waals surface area contributed by atoms with E-state index >= 15 is 0 Å². The zero-order valence-electron chi connectivity index (χ0n) is 12.0. The fourth-order valence-corrected chi connectivity index (χ4v) is 2.27. The number of aromatic nitrogens is 1. The molecule has 0 amide bonds. The van der Waals surface area contributed by atoms with E-state index in [0.29, 0.717) is 0 Å². The molecule has 0 aliphatic heterocycles. The second-order valence-electron chi connectivity index (χ2n) is 4.86. The molecule has 1 aromatic heterocycles. The smallest absolute Gasteiger partial charge is 0.153 e. The first-order chi connectivity index (χ1) is 10.4. The number of para-hydroxylation sites is 1. The summed E-state index contributed by atoms with van der Waals surface area (Å²) in [6.45, 7) is 3.90. The van der Waals surface area contributed by atoms with Crippen LogP contribution < -0.4 is 10.1 Å². The minimum absolute atomic E-state index is 0.786. The maximum atomic E-state index is 6.02. The molecular formula is C18H18N2O. The van der Waals surface area contributed by atoms with Crippen LogP contribution >= 0.6 is 0 Å². The Morgan fingerprint density at radius 2 is 1.90 bits per heavy atom. The Morgan fingerprint density at radius 1 is 1.05 bits per heavy atom. The summed E-state index contributed by atoms with van der Waals surface area (Å²) in [6.07, 6.45) is 1.79. The van der Waals surface area contributed by atoms with E-state index in [9.17, 15) is 0 Å². The highest BCUT2D eigenvalue weighted by molar-refractivity contribution is 5.84. The van der Waals surface area contributed by atoms with Crippen LogP contribution in [0.1, 0.15) is 12.5 Å². The van der Waals surface area contributed by atoms with Crippen molar-refractivity contribution in [2.45, 2.75) is 13.5 Å². The second kappa shape index (κ2) is 6.37. The van der Waals surface area contributed by atoms with Crippen LogP contribution in [-0.2, 0) is 6.54 Å². The van der Waals surface area contributed by atoms with Gasteiger partial charge in [-0.05, 0) is 36.4 Å². The van der Waals surface area contributed by atoms with Gasteiger partial charge in [-0.25, -0.2) is 0 Å². The van der Waals surface area contributed by atoms with Crippen LogP contribution in [0, 0.1) is 0 Å². The van der Waals surface area contributed by atoms with Gasteiger partial charge >= 0.3 is 0 Å². The Labute approximate surface area is 124 Å². The number of pyridine rings is 1. The topological polar surface area (TPSA) is 34.1 Å². The number of hydrogen-bond acceptors (Lipinski definition) is 3. The van der Waals surface area contributed by atoms with Crippen molar-refractivity contribution < 1.29 is 4.74 Å². The van der Waals surface area contributed by atoms with Crippen LogP contribution in [0.4, 0.5) is 0 Å². The van der Waals surface area contributed by atoms with Gasteiger partial charge in [0.15, 0.2) is 5.75 Å². The predicted molar refractivity (Wildman–Crippen MR) is 85.6 cm³/mol. The van der Waals surface area contributed by atoms with Crippen LogP contribution in [0.15, 0.2) is 60.8 Å². The number of fused-ring (bicyclic) bond motifs is 1. The molecular weight excluding hydrogens is 260 g/mol. The summed E-state index contributed by atoms with van der Waals surface area (Å²) in [5, 5.41) is 4.40. The normalized spacial score (nSPS) is 10.7. The van der Waals surface area contributed by atoms with E-state index in [-0.39, 0.29) is 0 Å². The molecule has 1 heterocycles. The molecule has 2 aromatic carbocycles. The van der Waals surface area contributed by atoms with Crippen LogP contribution in [0.3, 0.4) is 0 Å². The number of nitrogens with one attached hydrogen (secondary N) is 1. The van der Waals surface area contributed by atoms with Gasteiger partial charge in [0.25, 0.3) is 0 Å². The van der Waals surface area contributed by atoms with Gasteiger partial charge in [-0.2, -0.15) is 0 Å². The minimum Gasteiger partial charge on any atom is -0.455 e. The quantitative estimate of drug-likeness (QED) is 0.761. The fourth-order valence-electron chi connectivity index (χ4n) is 2.27. The van der Waals surface area contributed by atoms with Crippen LogP contribution in [-0.4, -0.2) is 11.5 Å². The van der Waals surface area contributed by atoms with Gasteiger partial charge < -0.3 is 10.1 Å². The summed E-state index contributed by atoms with van der Waals surface area (Å²) >= 11 is 0. The second-order valence-corrected chi connectivity index (χ2v) is 4.86. The largest absolute Gasteiger partial charge is 0.455 e. The average molecular weight is 278 g/mol. The molecule has 0 atom stereocenters. The molecule has 106 valence electrons. The first-order valence-electron chi connectivity index (χ1n) is 7.18. The monoisotopic (exact) mass is 278 g/mol. The third-order valence-corrected chi connectivity index (χ3v) is 3.30. The Balaban J connectivity index is 1.88. The summed E-state index contributed by atoms with van der Waals surface area (Å²) in [5.74, 6) is 1.62. The van der Waals surface area contributed by atoms with Crippen molar-refractivity contribution in [1.29, 1.82) is 0 Å². The first kappa shape index (κ1) is 13.6. The SMILES string of the molecule is CCNCc1cccc(Oc2cccc3cccnc23)c1. The van der Waals surface area contributed by atoms with E-state index in [1.165, 1.54) is 5.56 Å². The van der Waals surface area contributed by atoms with Crippen molar-refractivity contribution in [3.05, 3.63) is 66.4 Å². The van der Waals surface area contributed by atoms with Crippen molar-refractivity contribution in [3.63, 3.8) is 0 Å². The van der Waals surface area contributed by atoms with Crippen molar-refractivity contribution in [2.75, 3.05) is 6.54 Å². The molecule has 0 fully saturated rings. The Hall–Kier alpha value is -2.39. The maximum Gasteiger partial charge on any atom is 0.153 e. The van der Waals surface area contributed by atoms with Crippen LogP contribution in [0.25, 0.3) is 10.9 Å². The van der Waals surface area contributed by atoms with Crippen molar-refractivity contribution in [3.8, 4) is 11.5 Å². The van der Waals surface area contributed by atoms with E-state index < -0.39 is 0 Å².